The maximum atomic E-state index is 6.25. The van der Waals surface area contributed by atoms with Crippen LogP contribution in [0, 0.1) is 0 Å². The van der Waals surface area contributed by atoms with Crippen molar-refractivity contribution in [1.29, 1.82) is 0 Å². The fourth-order valence-electron chi connectivity index (χ4n) is 4.52. The zero-order chi connectivity index (χ0) is 21.5. The molecular formula is C24H22N4O4. The van der Waals surface area contributed by atoms with Crippen molar-refractivity contribution in [3.8, 4) is 28.4 Å². The van der Waals surface area contributed by atoms with Crippen molar-refractivity contribution in [1.82, 2.24) is 9.97 Å². The zero-order valence-electron chi connectivity index (χ0n) is 17.4. The molecule has 2 aromatic carbocycles. The lowest BCUT2D eigenvalue weighted by molar-refractivity contribution is 0.0678. The first kappa shape index (κ1) is 19.1. The maximum Gasteiger partial charge on any atom is 0.283 e. The van der Waals surface area contributed by atoms with Crippen LogP contribution < -0.4 is 15.2 Å². The van der Waals surface area contributed by atoms with Gasteiger partial charge in [-0.2, -0.15) is 0 Å². The van der Waals surface area contributed by atoms with Crippen LogP contribution in [-0.2, 0) is 15.0 Å². The second-order valence-electron chi connectivity index (χ2n) is 8.14. The lowest BCUT2D eigenvalue weighted by Gasteiger charge is -2.34. The minimum atomic E-state index is -0.818. The predicted octanol–water partition coefficient (Wildman–Crippen LogP) is 3.40. The van der Waals surface area contributed by atoms with Gasteiger partial charge in [-0.05, 0) is 48.7 Å². The van der Waals surface area contributed by atoms with Crippen LogP contribution in [0.4, 0.5) is 0 Å². The van der Waals surface area contributed by atoms with Crippen LogP contribution in [0.25, 0.3) is 11.1 Å². The van der Waals surface area contributed by atoms with Gasteiger partial charge < -0.3 is 24.7 Å². The fourth-order valence-corrected chi connectivity index (χ4v) is 4.52. The molecule has 0 aliphatic carbocycles. The van der Waals surface area contributed by atoms with Crippen molar-refractivity contribution in [3.05, 3.63) is 66.2 Å². The third kappa shape index (κ3) is 3.15. The number of rotatable bonds is 4. The highest BCUT2D eigenvalue weighted by Gasteiger charge is 2.47. The van der Waals surface area contributed by atoms with Crippen LogP contribution in [0.1, 0.15) is 24.0 Å². The van der Waals surface area contributed by atoms with Crippen molar-refractivity contribution >= 4 is 6.02 Å². The Labute approximate surface area is 185 Å². The summed E-state index contributed by atoms with van der Waals surface area (Å²) in [5.41, 5.74) is 8.78. The second-order valence-corrected chi connectivity index (χ2v) is 8.14. The van der Waals surface area contributed by atoms with Crippen LogP contribution in [0.2, 0.25) is 0 Å². The Hall–Kier alpha value is -3.65. The summed E-state index contributed by atoms with van der Waals surface area (Å²) in [5, 5.41) is 0. The molecule has 0 amide bonds. The Bertz CT molecular complexity index is 1190. The SMILES string of the molecule is NC1=N[C@]2(CO1)c1cc(OC[C@@H]3CCCO3)ccc1Oc1ccc(-c3cncnc3)cc12. The van der Waals surface area contributed by atoms with E-state index in [1.165, 1.54) is 6.33 Å². The molecule has 2 atom stereocenters. The van der Waals surface area contributed by atoms with Crippen LogP contribution in [0.3, 0.4) is 0 Å². The molecule has 3 aliphatic heterocycles. The molecule has 1 spiro atoms. The number of ether oxygens (including phenoxy) is 4. The zero-order valence-corrected chi connectivity index (χ0v) is 17.4. The predicted molar refractivity (Wildman–Crippen MR) is 117 cm³/mol. The van der Waals surface area contributed by atoms with E-state index in [4.69, 9.17) is 29.7 Å². The highest BCUT2D eigenvalue weighted by molar-refractivity contribution is 5.78. The number of hydrogen-bond donors (Lipinski definition) is 1. The molecule has 6 rings (SSSR count). The molecule has 3 aromatic rings. The number of nitrogens with two attached hydrogens (primary N) is 1. The summed E-state index contributed by atoms with van der Waals surface area (Å²) in [6.45, 7) is 1.60. The monoisotopic (exact) mass is 430 g/mol. The molecule has 1 fully saturated rings. The van der Waals surface area contributed by atoms with E-state index in [0.29, 0.717) is 18.1 Å². The molecule has 2 N–H and O–H groups in total. The van der Waals surface area contributed by atoms with E-state index in [-0.39, 0.29) is 18.7 Å². The molecule has 0 radical (unpaired) electrons. The minimum absolute atomic E-state index is 0.135. The van der Waals surface area contributed by atoms with Crippen LogP contribution in [-0.4, -0.2) is 41.9 Å². The van der Waals surface area contributed by atoms with Gasteiger partial charge in [-0.15, -0.1) is 0 Å². The van der Waals surface area contributed by atoms with Gasteiger partial charge >= 0.3 is 0 Å². The quantitative estimate of drug-likeness (QED) is 0.677. The van der Waals surface area contributed by atoms with Gasteiger partial charge in [-0.1, -0.05) is 6.07 Å². The van der Waals surface area contributed by atoms with Crippen molar-refractivity contribution in [2.24, 2.45) is 10.7 Å². The number of nitrogens with zero attached hydrogens (tertiary/aromatic N) is 3. The second kappa shape index (κ2) is 7.49. The van der Waals surface area contributed by atoms with Crippen molar-refractivity contribution in [2.75, 3.05) is 19.8 Å². The lowest BCUT2D eigenvalue weighted by Crippen LogP contribution is -2.31. The van der Waals surface area contributed by atoms with Gasteiger partial charge in [0.05, 0.1) is 6.10 Å². The fraction of sp³-hybridized carbons (Fsp3) is 0.292. The number of amidine groups is 1. The van der Waals surface area contributed by atoms with E-state index in [2.05, 4.69) is 9.97 Å². The van der Waals surface area contributed by atoms with Gasteiger partial charge in [-0.3, -0.25) is 0 Å². The average molecular weight is 430 g/mol. The van der Waals surface area contributed by atoms with E-state index in [9.17, 15) is 0 Å². The Kier molecular flexibility index (Phi) is 4.46. The Morgan fingerprint density at radius 3 is 2.59 bits per heavy atom. The topological polar surface area (TPSA) is 101 Å². The highest BCUT2D eigenvalue weighted by atomic mass is 16.5. The van der Waals surface area contributed by atoms with Gasteiger partial charge in [0.15, 0.2) is 5.54 Å². The Morgan fingerprint density at radius 2 is 1.84 bits per heavy atom. The molecule has 0 saturated carbocycles. The summed E-state index contributed by atoms with van der Waals surface area (Å²) in [5.74, 6) is 2.16. The highest BCUT2D eigenvalue weighted by Crippen LogP contribution is 2.52. The van der Waals surface area contributed by atoms with E-state index < -0.39 is 5.54 Å². The summed E-state index contributed by atoms with van der Waals surface area (Å²) in [6, 6.07) is 11.9. The van der Waals surface area contributed by atoms with Crippen LogP contribution in [0.15, 0.2) is 60.1 Å². The van der Waals surface area contributed by atoms with Gasteiger partial charge in [0.1, 0.15) is 36.8 Å². The van der Waals surface area contributed by atoms with Gasteiger partial charge in [0, 0.05) is 35.7 Å². The number of aromatic nitrogens is 2. The lowest BCUT2D eigenvalue weighted by atomic mass is 9.80. The van der Waals surface area contributed by atoms with Crippen molar-refractivity contribution in [3.63, 3.8) is 0 Å². The summed E-state index contributed by atoms with van der Waals surface area (Å²) in [6.07, 6.45) is 7.29. The van der Waals surface area contributed by atoms with E-state index in [1.54, 1.807) is 12.4 Å². The number of aliphatic imine (C=N–C) groups is 1. The molecule has 162 valence electrons. The van der Waals surface area contributed by atoms with Crippen LogP contribution >= 0.6 is 0 Å². The van der Waals surface area contributed by atoms with Crippen molar-refractivity contribution < 1.29 is 18.9 Å². The minimum Gasteiger partial charge on any atom is -0.491 e. The first-order valence-corrected chi connectivity index (χ1v) is 10.7. The van der Waals surface area contributed by atoms with E-state index in [0.717, 1.165) is 47.5 Å². The summed E-state index contributed by atoms with van der Waals surface area (Å²) >= 11 is 0. The van der Waals surface area contributed by atoms with Gasteiger partial charge in [0.2, 0.25) is 0 Å². The maximum absolute atomic E-state index is 6.25. The molecule has 1 saturated heterocycles. The van der Waals surface area contributed by atoms with Crippen LogP contribution in [0.5, 0.6) is 17.2 Å². The van der Waals surface area contributed by atoms with Gasteiger partial charge in [-0.25, -0.2) is 15.0 Å². The third-order valence-electron chi connectivity index (χ3n) is 6.13. The standard InChI is InChI=1S/C24H22N4O4/c25-23-28-24(13-31-23)19-8-15(16-10-26-14-27-11-16)3-5-21(19)32-22-6-4-17(9-20(22)24)30-12-18-2-1-7-29-18/h3-6,8-11,14,18H,1-2,7,12-13H2,(H2,25,28)/t18-,24-/m0/s1. The number of hydrogen-bond acceptors (Lipinski definition) is 8. The number of fused-ring (bicyclic) bond motifs is 4. The van der Waals surface area contributed by atoms with Crippen molar-refractivity contribution in [2.45, 2.75) is 24.5 Å². The molecule has 4 heterocycles. The molecule has 3 aliphatic rings. The first-order valence-electron chi connectivity index (χ1n) is 10.7. The van der Waals surface area contributed by atoms with E-state index >= 15 is 0 Å². The first-order chi connectivity index (χ1) is 15.7. The molecular weight excluding hydrogens is 408 g/mol. The average Bonchev–Trinajstić information content (AvgIpc) is 3.49. The molecule has 32 heavy (non-hydrogen) atoms. The normalized spacial score (nSPS) is 23.1. The molecule has 0 unspecified atom stereocenters. The van der Waals surface area contributed by atoms with Gasteiger partial charge in [0.25, 0.3) is 6.02 Å². The molecule has 8 heteroatoms. The van der Waals surface area contributed by atoms with E-state index in [1.807, 2.05) is 36.4 Å². The summed E-state index contributed by atoms with van der Waals surface area (Å²) < 4.78 is 23.6. The Morgan fingerprint density at radius 1 is 1.03 bits per heavy atom. The largest absolute Gasteiger partial charge is 0.491 e. The number of benzene rings is 2. The third-order valence-corrected chi connectivity index (χ3v) is 6.13. The smallest absolute Gasteiger partial charge is 0.283 e. The summed E-state index contributed by atoms with van der Waals surface area (Å²) in [7, 11) is 0. The molecule has 8 nitrogen and oxygen atoms in total. The Balaban J connectivity index is 1.42. The molecule has 1 aromatic heterocycles. The molecule has 0 bridgehead atoms. The summed E-state index contributed by atoms with van der Waals surface area (Å²) in [4.78, 5) is 13.0.